The van der Waals surface area contributed by atoms with E-state index in [1.165, 1.54) is 17.7 Å². The Bertz CT molecular complexity index is 1030. The van der Waals surface area contributed by atoms with Crippen LogP contribution in [-0.4, -0.2) is 46.9 Å². The molecule has 0 atom stereocenters. The molecule has 0 bridgehead atoms. The smallest absolute Gasteiger partial charge is 0.311 e. The number of methoxy groups -OCH3 is 3. The van der Waals surface area contributed by atoms with Crippen LogP contribution in [0.2, 0.25) is 0 Å². The number of fused-ring (bicyclic) bond motifs is 1. The van der Waals surface area contributed by atoms with Gasteiger partial charge in [-0.15, -0.1) is 0 Å². The molecule has 0 aliphatic rings. The van der Waals surface area contributed by atoms with Crippen molar-refractivity contribution in [1.82, 2.24) is 19.6 Å². The summed E-state index contributed by atoms with van der Waals surface area (Å²) in [5, 5.41) is 5.91. The predicted molar refractivity (Wildman–Crippen MR) is 96.2 cm³/mol. The third-order valence-corrected chi connectivity index (χ3v) is 3.87. The van der Waals surface area contributed by atoms with Gasteiger partial charge < -0.3 is 19.5 Å². The number of anilines is 1. The molecule has 2 heterocycles. The Morgan fingerprint density at radius 3 is 2.70 bits per heavy atom. The molecule has 27 heavy (non-hydrogen) atoms. The third kappa shape index (κ3) is 4.00. The van der Waals surface area contributed by atoms with Crippen molar-refractivity contribution in [3.63, 3.8) is 0 Å². The summed E-state index contributed by atoms with van der Waals surface area (Å²) in [4.78, 5) is 32.0. The van der Waals surface area contributed by atoms with Crippen molar-refractivity contribution in [2.45, 2.75) is 13.0 Å². The van der Waals surface area contributed by atoms with E-state index in [9.17, 15) is 9.59 Å². The second kappa shape index (κ2) is 7.77. The lowest BCUT2D eigenvalue weighted by Gasteiger charge is -2.10. The van der Waals surface area contributed by atoms with E-state index < -0.39 is 5.97 Å². The number of rotatable bonds is 7. The predicted octanol–water partition coefficient (Wildman–Crippen LogP) is 0.762. The first-order valence-electron chi connectivity index (χ1n) is 8.04. The zero-order valence-electron chi connectivity index (χ0n) is 15.1. The Hall–Kier alpha value is -3.56. The van der Waals surface area contributed by atoms with Crippen LogP contribution in [0.15, 0.2) is 29.1 Å². The first-order chi connectivity index (χ1) is 13.0. The number of aromatic nitrogens is 4. The highest BCUT2D eigenvalue weighted by molar-refractivity contribution is 5.71. The normalized spacial score (nSPS) is 10.6. The van der Waals surface area contributed by atoms with Gasteiger partial charge in [0.25, 0.3) is 11.3 Å². The van der Waals surface area contributed by atoms with Gasteiger partial charge in [-0.05, 0) is 18.2 Å². The molecule has 0 spiro atoms. The first kappa shape index (κ1) is 18.2. The van der Waals surface area contributed by atoms with Gasteiger partial charge in [0.2, 0.25) is 5.95 Å². The van der Waals surface area contributed by atoms with Gasteiger partial charge in [-0.3, -0.25) is 14.7 Å². The van der Waals surface area contributed by atoms with Gasteiger partial charge in [-0.25, -0.2) is 4.98 Å². The number of hydrogen-bond donors (Lipinski definition) is 2. The number of esters is 1. The quantitative estimate of drug-likeness (QED) is 0.583. The molecular weight excluding hydrogens is 354 g/mol. The van der Waals surface area contributed by atoms with Crippen LogP contribution >= 0.6 is 0 Å². The highest BCUT2D eigenvalue weighted by Gasteiger charge is 2.12. The first-order valence-corrected chi connectivity index (χ1v) is 8.04. The number of nitrogens with zero attached hydrogens (tertiary/aromatic N) is 3. The van der Waals surface area contributed by atoms with Crippen molar-refractivity contribution in [3.05, 3.63) is 45.9 Å². The van der Waals surface area contributed by atoms with Crippen molar-refractivity contribution in [3.8, 4) is 11.5 Å². The van der Waals surface area contributed by atoms with Gasteiger partial charge in [-0.2, -0.15) is 9.50 Å². The van der Waals surface area contributed by atoms with E-state index in [0.29, 0.717) is 29.7 Å². The monoisotopic (exact) mass is 373 g/mol. The molecule has 1 aromatic carbocycles. The average Bonchev–Trinajstić information content (AvgIpc) is 3.09. The second-order valence-electron chi connectivity index (χ2n) is 5.58. The van der Waals surface area contributed by atoms with E-state index in [2.05, 4.69) is 25.1 Å². The van der Waals surface area contributed by atoms with Crippen molar-refractivity contribution in [1.29, 1.82) is 0 Å². The number of H-pyrrole nitrogens is 1. The Morgan fingerprint density at radius 1 is 1.19 bits per heavy atom. The zero-order chi connectivity index (χ0) is 19.4. The van der Waals surface area contributed by atoms with Crippen LogP contribution in [-0.2, 0) is 22.5 Å². The van der Waals surface area contributed by atoms with Crippen LogP contribution in [0.3, 0.4) is 0 Å². The minimum Gasteiger partial charge on any atom is -0.497 e. The number of aromatic amines is 1. The number of hydrogen-bond acceptors (Lipinski definition) is 8. The largest absolute Gasteiger partial charge is 0.497 e. The van der Waals surface area contributed by atoms with Gasteiger partial charge in [0.15, 0.2) is 0 Å². The van der Waals surface area contributed by atoms with Gasteiger partial charge in [-0.1, -0.05) is 0 Å². The number of ether oxygens (including phenoxy) is 3. The van der Waals surface area contributed by atoms with Crippen LogP contribution in [0, 0.1) is 0 Å². The summed E-state index contributed by atoms with van der Waals surface area (Å²) in [6.07, 6.45) is -0.0983. The lowest BCUT2D eigenvalue weighted by molar-refractivity contribution is -0.139. The van der Waals surface area contributed by atoms with Gasteiger partial charge in [0.05, 0.1) is 33.4 Å². The summed E-state index contributed by atoms with van der Waals surface area (Å²) < 4.78 is 16.3. The maximum absolute atomic E-state index is 12.2. The van der Waals surface area contributed by atoms with E-state index in [-0.39, 0.29) is 17.8 Å². The maximum Gasteiger partial charge on any atom is 0.311 e. The van der Waals surface area contributed by atoms with Gasteiger partial charge >= 0.3 is 5.97 Å². The van der Waals surface area contributed by atoms with Crippen molar-refractivity contribution >= 4 is 17.7 Å². The molecule has 0 aliphatic carbocycles. The molecule has 142 valence electrons. The molecule has 0 amide bonds. The zero-order valence-corrected chi connectivity index (χ0v) is 15.1. The van der Waals surface area contributed by atoms with E-state index in [1.807, 2.05) is 6.07 Å². The molecule has 2 N–H and O–H groups in total. The van der Waals surface area contributed by atoms with Crippen molar-refractivity contribution in [2.75, 3.05) is 26.6 Å². The van der Waals surface area contributed by atoms with Crippen LogP contribution in [0.25, 0.3) is 5.78 Å². The van der Waals surface area contributed by atoms with E-state index in [4.69, 9.17) is 9.47 Å². The Kier molecular flexibility index (Phi) is 5.25. The lowest BCUT2D eigenvalue weighted by atomic mass is 10.2. The Balaban J connectivity index is 1.83. The molecule has 0 saturated carbocycles. The van der Waals surface area contributed by atoms with E-state index >= 15 is 0 Å². The number of benzene rings is 1. The number of carbonyl (C=O) groups excluding carboxylic acids is 1. The molecule has 2 aromatic heterocycles. The molecule has 10 heteroatoms. The molecule has 3 aromatic rings. The fourth-order valence-electron chi connectivity index (χ4n) is 2.52. The van der Waals surface area contributed by atoms with Crippen LogP contribution in [0.5, 0.6) is 11.5 Å². The lowest BCUT2D eigenvalue weighted by Crippen LogP contribution is -2.17. The third-order valence-electron chi connectivity index (χ3n) is 3.87. The van der Waals surface area contributed by atoms with E-state index in [1.54, 1.807) is 26.4 Å². The fraction of sp³-hybridized carbons (Fsp3) is 0.294. The average molecular weight is 373 g/mol. The van der Waals surface area contributed by atoms with Crippen LogP contribution in [0.4, 0.5) is 5.95 Å². The minimum atomic E-state index is -0.481. The highest BCUT2D eigenvalue weighted by Crippen LogP contribution is 2.24. The molecule has 0 saturated heterocycles. The Morgan fingerprint density at radius 2 is 2.00 bits per heavy atom. The topological polar surface area (TPSA) is 120 Å². The molecule has 0 unspecified atom stereocenters. The minimum absolute atomic E-state index is 0.0983. The highest BCUT2D eigenvalue weighted by atomic mass is 16.5. The molecule has 3 rings (SSSR count). The summed E-state index contributed by atoms with van der Waals surface area (Å²) in [7, 11) is 4.44. The molecular formula is C17H19N5O5. The standard InChI is InChI=1S/C17H19N5O5/c1-25-12-4-5-13(26-2)10(6-12)9-18-16-20-17-19-11(8-15(24)27-3)7-14(23)22(17)21-16/h4-7H,8-9H2,1-3H3,(H2,18,19,20,21). The molecule has 10 nitrogen and oxygen atoms in total. The van der Waals surface area contributed by atoms with Gasteiger partial charge in [0.1, 0.15) is 11.5 Å². The Labute approximate surface area is 154 Å². The summed E-state index contributed by atoms with van der Waals surface area (Å²) in [5.74, 6) is 1.41. The maximum atomic E-state index is 12.2. The van der Waals surface area contributed by atoms with Crippen LogP contribution < -0.4 is 20.3 Å². The second-order valence-corrected chi connectivity index (χ2v) is 5.58. The fourth-order valence-corrected chi connectivity index (χ4v) is 2.52. The van der Waals surface area contributed by atoms with Gasteiger partial charge in [0, 0.05) is 18.2 Å². The summed E-state index contributed by atoms with van der Waals surface area (Å²) in [6, 6.07) is 6.71. The SMILES string of the molecule is COC(=O)Cc1cc(=O)n2[nH]c(NCc3cc(OC)ccc3OC)nc2n1. The molecule has 0 radical (unpaired) electrons. The molecule has 0 aliphatic heterocycles. The number of nitrogens with one attached hydrogen (secondary N) is 2. The molecule has 0 fully saturated rings. The summed E-state index contributed by atoms with van der Waals surface area (Å²) in [6.45, 7) is 0.379. The van der Waals surface area contributed by atoms with Crippen molar-refractivity contribution in [2.24, 2.45) is 0 Å². The van der Waals surface area contributed by atoms with E-state index in [0.717, 1.165) is 5.56 Å². The summed E-state index contributed by atoms with van der Waals surface area (Å²) >= 11 is 0. The van der Waals surface area contributed by atoms with Crippen LogP contribution in [0.1, 0.15) is 11.3 Å². The summed E-state index contributed by atoms with van der Waals surface area (Å²) in [5.41, 5.74) is 0.766. The van der Waals surface area contributed by atoms with Crippen molar-refractivity contribution < 1.29 is 19.0 Å². The number of carbonyl (C=O) groups is 1.